The van der Waals surface area contributed by atoms with Gasteiger partial charge >= 0.3 is 0 Å². The average molecular weight is 474 g/mol. The summed E-state index contributed by atoms with van der Waals surface area (Å²) in [7, 11) is 0. The third kappa shape index (κ3) is 5.02. The third-order valence-corrected chi connectivity index (χ3v) is 6.92. The van der Waals surface area contributed by atoms with Crippen molar-refractivity contribution in [2.24, 2.45) is 0 Å². The van der Waals surface area contributed by atoms with Crippen molar-refractivity contribution in [2.75, 3.05) is 29.1 Å². The second kappa shape index (κ2) is 10.2. The molecule has 2 aromatic carbocycles. The summed E-state index contributed by atoms with van der Waals surface area (Å²) in [4.78, 5) is 15.0. The topological polar surface area (TPSA) is 76.2 Å². The number of hydrogen-bond donors (Lipinski definition) is 1. The van der Waals surface area contributed by atoms with Crippen molar-refractivity contribution >= 4 is 29.0 Å². The number of anilines is 2. The molecular formula is C26H27N5O2S. The van der Waals surface area contributed by atoms with Crippen LogP contribution in [0.1, 0.15) is 24.2 Å². The molecule has 0 spiro atoms. The fourth-order valence-electron chi connectivity index (χ4n) is 4.18. The van der Waals surface area contributed by atoms with E-state index in [1.807, 2.05) is 47.9 Å². The highest BCUT2D eigenvalue weighted by Crippen LogP contribution is 2.28. The number of aryl methyl sites for hydroxylation is 1. The minimum Gasteiger partial charge on any atom is -0.469 e. The molecule has 174 valence electrons. The fraction of sp³-hybridized carbons (Fsp3) is 0.269. The van der Waals surface area contributed by atoms with E-state index in [0.29, 0.717) is 11.7 Å². The van der Waals surface area contributed by atoms with Gasteiger partial charge in [0.2, 0.25) is 5.91 Å². The van der Waals surface area contributed by atoms with E-state index >= 15 is 0 Å². The van der Waals surface area contributed by atoms with Gasteiger partial charge in [0.15, 0.2) is 11.0 Å². The van der Waals surface area contributed by atoms with Gasteiger partial charge in [-0.1, -0.05) is 42.1 Å². The van der Waals surface area contributed by atoms with Crippen molar-refractivity contribution < 1.29 is 9.21 Å². The monoisotopic (exact) mass is 473 g/mol. The van der Waals surface area contributed by atoms with Gasteiger partial charge in [-0.15, -0.1) is 10.2 Å². The number of nitrogens with one attached hydrogen (secondary N) is 1. The first kappa shape index (κ1) is 22.3. The van der Waals surface area contributed by atoms with E-state index in [-0.39, 0.29) is 11.7 Å². The number of carbonyl (C=O) groups is 1. The van der Waals surface area contributed by atoms with Gasteiger partial charge in [0, 0.05) is 24.5 Å². The Hall–Kier alpha value is -3.52. The van der Waals surface area contributed by atoms with Crippen LogP contribution in [0.2, 0.25) is 0 Å². The van der Waals surface area contributed by atoms with E-state index in [9.17, 15) is 4.79 Å². The van der Waals surface area contributed by atoms with E-state index in [1.54, 1.807) is 6.26 Å². The van der Waals surface area contributed by atoms with E-state index in [4.69, 9.17) is 4.42 Å². The average Bonchev–Trinajstić information content (AvgIpc) is 3.61. The summed E-state index contributed by atoms with van der Waals surface area (Å²) < 4.78 is 7.52. The highest BCUT2D eigenvalue weighted by atomic mass is 32.2. The molecule has 5 rings (SSSR count). The number of amides is 1. The number of furan rings is 1. The highest BCUT2D eigenvalue weighted by molar-refractivity contribution is 7.99. The Kier molecular flexibility index (Phi) is 6.67. The van der Waals surface area contributed by atoms with Gasteiger partial charge in [0.25, 0.3) is 0 Å². The van der Waals surface area contributed by atoms with Crippen LogP contribution in [0.4, 0.5) is 11.4 Å². The van der Waals surface area contributed by atoms with Crippen molar-refractivity contribution in [1.29, 1.82) is 0 Å². The summed E-state index contributed by atoms with van der Waals surface area (Å²) in [6, 6.07) is 20.1. The summed E-state index contributed by atoms with van der Waals surface area (Å²) in [5.41, 5.74) is 4.04. The molecule has 0 bridgehead atoms. The number of aromatic nitrogens is 3. The number of rotatable bonds is 8. The molecular weight excluding hydrogens is 446 g/mol. The van der Waals surface area contributed by atoms with Crippen molar-refractivity contribution in [3.8, 4) is 11.4 Å². The Bertz CT molecular complexity index is 1240. The van der Waals surface area contributed by atoms with Gasteiger partial charge in [-0.2, -0.15) is 0 Å². The van der Waals surface area contributed by atoms with Crippen molar-refractivity contribution in [1.82, 2.24) is 14.8 Å². The van der Waals surface area contributed by atoms with E-state index in [1.165, 1.54) is 30.3 Å². The van der Waals surface area contributed by atoms with Crippen LogP contribution < -0.4 is 10.2 Å². The molecule has 4 aromatic rings. The molecule has 1 amide bonds. The van der Waals surface area contributed by atoms with Gasteiger partial charge in [-0.05, 0) is 55.7 Å². The second-order valence-electron chi connectivity index (χ2n) is 8.35. The fourth-order valence-corrected chi connectivity index (χ4v) is 4.92. The molecule has 3 heterocycles. The largest absolute Gasteiger partial charge is 0.469 e. The molecule has 8 heteroatoms. The lowest BCUT2D eigenvalue weighted by Crippen LogP contribution is -2.18. The van der Waals surface area contributed by atoms with E-state index < -0.39 is 0 Å². The minimum atomic E-state index is -0.0748. The predicted octanol–water partition coefficient (Wildman–Crippen LogP) is 5.23. The highest BCUT2D eigenvalue weighted by Gasteiger charge is 2.19. The van der Waals surface area contributed by atoms with Gasteiger partial charge in [0.1, 0.15) is 5.76 Å². The summed E-state index contributed by atoms with van der Waals surface area (Å²) in [6.45, 7) is 4.72. The maximum Gasteiger partial charge on any atom is 0.234 e. The first-order valence-electron chi connectivity index (χ1n) is 11.5. The number of nitrogens with zero attached hydrogens (tertiary/aromatic N) is 4. The summed E-state index contributed by atoms with van der Waals surface area (Å²) in [5, 5.41) is 12.5. The molecule has 34 heavy (non-hydrogen) atoms. The molecule has 7 nitrogen and oxygen atoms in total. The lowest BCUT2D eigenvalue weighted by molar-refractivity contribution is -0.113. The van der Waals surface area contributed by atoms with Gasteiger partial charge in [-0.3, -0.25) is 9.36 Å². The van der Waals surface area contributed by atoms with E-state index in [2.05, 4.69) is 44.7 Å². The summed E-state index contributed by atoms with van der Waals surface area (Å²) >= 11 is 1.38. The maximum atomic E-state index is 12.7. The van der Waals surface area contributed by atoms with Crippen LogP contribution in [-0.4, -0.2) is 39.5 Å². The van der Waals surface area contributed by atoms with Gasteiger partial charge in [-0.25, -0.2) is 0 Å². The number of hydrogen-bond acceptors (Lipinski definition) is 6. The molecule has 0 saturated carbocycles. The van der Waals surface area contributed by atoms with Crippen LogP contribution in [-0.2, 0) is 11.3 Å². The second-order valence-corrected chi connectivity index (χ2v) is 9.29. The minimum absolute atomic E-state index is 0.0748. The normalized spacial score (nSPS) is 13.4. The van der Waals surface area contributed by atoms with Crippen LogP contribution in [0.5, 0.6) is 0 Å². The lowest BCUT2D eigenvalue weighted by atomic mass is 10.2. The standard InChI is InChI=1S/C26H27N5O2S/c1-19-23(13-16-33-19)25-28-29-26(31(25)17-20-7-3-2-4-8-20)34-18-24(32)27-21-9-11-22(12-10-21)30-14-5-6-15-30/h2-4,7-13,16H,5-6,14-15,17-18H2,1H3,(H,27,32). The lowest BCUT2D eigenvalue weighted by Gasteiger charge is -2.17. The van der Waals surface area contributed by atoms with Crippen molar-refractivity contribution in [2.45, 2.75) is 31.5 Å². The van der Waals surface area contributed by atoms with Crippen LogP contribution in [0.15, 0.2) is 76.5 Å². The van der Waals surface area contributed by atoms with Crippen molar-refractivity contribution in [3.05, 3.63) is 78.3 Å². The third-order valence-electron chi connectivity index (χ3n) is 5.95. The molecule has 1 aliphatic heterocycles. The van der Waals surface area contributed by atoms with E-state index in [0.717, 1.165) is 41.5 Å². The smallest absolute Gasteiger partial charge is 0.234 e. The first-order chi connectivity index (χ1) is 16.7. The Balaban J connectivity index is 1.27. The van der Waals surface area contributed by atoms with Crippen LogP contribution >= 0.6 is 11.8 Å². The summed E-state index contributed by atoms with van der Waals surface area (Å²) in [5.74, 6) is 1.68. The zero-order valence-corrected chi connectivity index (χ0v) is 19.9. The Morgan fingerprint density at radius 2 is 1.79 bits per heavy atom. The number of benzene rings is 2. The SMILES string of the molecule is Cc1occc1-c1nnc(SCC(=O)Nc2ccc(N3CCCC3)cc2)n1Cc1ccccc1. The first-order valence-corrected chi connectivity index (χ1v) is 12.5. The molecule has 0 aliphatic carbocycles. The molecule has 1 fully saturated rings. The Morgan fingerprint density at radius 1 is 1.03 bits per heavy atom. The maximum absolute atomic E-state index is 12.7. The molecule has 1 saturated heterocycles. The van der Waals surface area contributed by atoms with Gasteiger partial charge in [0.05, 0.1) is 24.1 Å². The molecule has 0 radical (unpaired) electrons. The Morgan fingerprint density at radius 3 is 2.50 bits per heavy atom. The molecule has 1 aliphatic rings. The van der Waals surface area contributed by atoms with Gasteiger partial charge < -0.3 is 14.6 Å². The van der Waals surface area contributed by atoms with Crippen molar-refractivity contribution in [3.63, 3.8) is 0 Å². The number of thioether (sulfide) groups is 1. The molecule has 1 N–H and O–H groups in total. The predicted molar refractivity (Wildman–Crippen MR) is 135 cm³/mol. The number of carbonyl (C=O) groups excluding carboxylic acids is 1. The zero-order chi connectivity index (χ0) is 23.3. The van der Waals surface area contributed by atoms with Crippen LogP contribution in [0, 0.1) is 6.92 Å². The molecule has 0 unspecified atom stereocenters. The Labute approximate surface area is 203 Å². The summed E-state index contributed by atoms with van der Waals surface area (Å²) in [6.07, 6.45) is 4.14. The van der Waals surface area contributed by atoms with Crippen LogP contribution in [0.25, 0.3) is 11.4 Å². The quantitative estimate of drug-likeness (QED) is 0.353. The van der Waals surface area contributed by atoms with Crippen LogP contribution in [0.3, 0.4) is 0 Å². The zero-order valence-electron chi connectivity index (χ0n) is 19.1. The molecule has 0 atom stereocenters. The molecule has 2 aromatic heterocycles.